The van der Waals surface area contributed by atoms with E-state index < -0.39 is 0 Å². The highest BCUT2D eigenvalue weighted by Gasteiger charge is 1.95. The molecule has 1 heteroatoms. The number of hydrogen-bond acceptors (Lipinski definition) is 1. The Morgan fingerprint density at radius 1 is 0.320 bits per heavy atom. The first-order valence-corrected chi connectivity index (χ1v) is 13.1. The maximum Gasteiger partial charge on any atom is -0.00675 e. The molecule has 0 aliphatic heterocycles. The Balaban J connectivity index is 2.94. The van der Waals surface area contributed by atoms with Gasteiger partial charge in [0.15, 0.2) is 0 Å². The largest absolute Gasteiger partial charge is 0.162 e. The summed E-state index contributed by atoms with van der Waals surface area (Å²) in [5.41, 5.74) is 0. The van der Waals surface area contributed by atoms with Crippen LogP contribution in [0.2, 0.25) is 0 Å². The van der Waals surface area contributed by atoms with Crippen molar-refractivity contribution in [3.8, 4) is 0 Å². The van der Waals surface area contributed by atoms with E-state index in [9.17, 15) is 0 Å². The van der Waals surface area contributed by atoms with Crippen LogP contribution in [0, 0.1) is 0 Å². The second-order valence-corrected chi connectivity index (χ2v) is 9.20. The minimum atomic E-state index is 1.37. The third kappa shape index (κ3) is 24.4. The molecule has 0 aromatic rings. The summed E-state index contributed by atoms with van der Waals surface area (Å²) in [6.45, 7) is 4.60. The predicted octanol–water partition coefficient (Wildman–Crippen LogP) is 9.56. The van der Waals surface area contributed by atoms with E-state index in [4.69, 9.17) is 0 Å². The lowest BCUT2D eigenvalue weighted by atomic mass is 10.1. The van der Waals surface area contributed by atoms with Gasteiger partial charge in [0.25, 0.3) is 0 Å². The molecule has 0 saturated carbocycles. The van der Waals surface area contributed by atoms with Crippen LogP contribution < -0.4 is 0 Å². The summed E-state index contributed by atoms with van der Waals surface area (Å²) in [5.74, 6) is 2.82. The van der Waals surface area contributed by atoms with Gasteiger partial charge in [-0.05, 0) is 24.3 Å². The van der Waals surface area contributed by atoms with Gasteiger partial charge in [-0.3, -0.25) is 0 Å². The summed E-state index contributed by atoms with van der Waals surface area (Å²) >= 11 is 2.20. The quantitative estimate of drug-likeness (QED) is 0.171. The maximum absolute atomic E-state index is 2.30. The smallest absolute Gasteiger partial charge is 0.00675 e. The fourth-order valence-corrected chi connectivity index (χ4v) is 4.51. The average molecular weight is 371 g/mol. The van der Waals surface area contributed by atoms with Crippen molar-refractivity contribution in [2.75, 3.05) is 11.5 Å². The topological polar surface area (TPSA) is 0 Å². The molecule has 0 fully saturated rings. The van der Waals surface area contributed by atoms with Crippen LogP contribution in [0.3, 0.4) is 0 Å². The SMILES string of the molecule is CCCCCCCCCCCCCCCSCCCCCCCCC. The normalized spacial score (nSPS) is 11.3. The molecule has 0 bridgehead atoms. The zero-order chi connectivity index (χ0) is 18.3. The lowest BCUT2D eigenvalue weighted by molar-refractivity contribution is 0.543. The standard InChI is InChI=1S/C24H50S/c1-3-5-7-9-11-12-13-14-15-16-18-20-22-24-25-23-21-19-17-10-8-6-4-2/h3-24H2,1-2H3. The van der Waals surface area contributed by atoms with Crippen LogP contribution in [0.15, 0.2) is 0 Å². The Labute approximate surface area is 165 Å². The second-order valence-electron chi connectivity index (χ2n) is 7.98. The molecular formula is C24H50S. The van der Waals surface area contributed by atoms with Gasteiger partial charge in [0, 0.05) is 0 Å². The highest BCUT2D eigenvalue weighted by Crippen LogP contribution is 2.15. The average Bonchev–Trinajstić information content (AvgIpc) is 2.63. The summed E-state index contributed by atoms with van der Waals surface area (Å²) in [6, 6.07) is 0. The lowest BCUT2D eigenvalue weighted by Gasteiger charge is -2.04. The molecule has 0 amide bonds. The van der Waals surface area contributed by atoms with E-state index in [1.165, 1.54) is 140 Å². The van der Waals surface area contributed by atoms with E-state index in [1.54, 1.807) is 0 Å². The monoisotopic (exact) mass is 370 g/mol. The van der Waals surface area contributed by atoms with Crippen molar-refractivity contribution >= 4 is 11.8 Å². The van der Waals surface area contributed by atoms with Crippen LogP contribution in [0.25, 0.3) is 0 Å². The van der Waals surface area contributed by atoms with Crippen molar-refractivity contribution in [3.05, 3.63) is 0 Å². The highest BCUT2D eigenvalue weighted by molar-refractivity contribution is 7.99. The fourth-order valence-electron chi connectivity index (χ4n) is 3.49. The van der Waals surface area contributed by atoms with Gasteiger partial charge in [0.05, 0.1) is 0 Å². The highest BCUT2D eigenvalue weighted by atomic mass is 32.2. The summed E-state index contributed by atoms with van der Waals surface area (Å²) in [5, 5.41) is 0. The zero-order valence-electron chi connectivity index (χ0n) is 18.0. The number of unbranched alkanes of at least 4 members (excludes halogenated alkanes) is 18. The first-order chi connectivity index (χ1) is 12.4. The van der Waals surface area contributed by atoms with Crippen LogP contribution in [0.4, 0.5) is 0 Å². The molecule has 0 aliphatic rings. The van der Waals surface area contributed by atoms with Gasteiger partial charge in [-0.15, -0.1) is 0 Å². The van der Waals surface area contributed by atoms with Crippen molar-refractivity contribution in [1.82, 2.24) is 0 Å². The first-order valence-electron chi connectivity index (χ1n) is 12.0. The molecule has 0 radical (unpaired) electrons. The van der Waals surface area contributed by atoms with E-state index >= 15 is 0 Å². The molecule has 0 N–H and O–H groups in total. The summed E-state index contributed by atoms with van der Waals surface area (Å²) < 4.78 is 0. The Morgan fingerprint density at radius 3 is 0.840 bits per heavy atom. The summed E-state index contributed by atoms with van der Waals surface area (Å²) in [4.78, 5) is 0. The van der Waals surface area contributed by atoms with Gasteiger partial charge in [-0.2, -0.15) is 11.8 Å². The van der Waals surface area contributed by atoms with Crippen molar-refractivity contribution in [3.63, 3.8) is 0 Å². The van der Waals surface area contributed by atoms with Gasteiger partial charge >= 0.3 is 0 Å². The van der Waals surface area contributed by atoms with Gasteiger partial charge in [-0.1, -0.05) is 129 Å². The van der Waals surface area contributed by atoms with Crippen LogP contribution in [-0.2, 0) is 0 Å². The van der Waals surface area contributed by atoms with Gasteiger partial charge in [-0.25, -0.2) is 0 Å². The van der Waals surface area contributed by atoms with Crippen molar-refractivity contribution in [2.24, 2.45) is 0 Å². The minimum absolute atomic E-state index is 1.37. The molecule has 152 valence electrons. The molecule has 0 aromatic carbocycles. The Bertz CT molecular complexity index is 192. The molecule has 0 saturated heterocycles. The third-order valence-corrected chi connectivity index (χ3v) is 6.44. The van der Waals surface area contributed by atoms with E-state index in [0.717, 1.165) is 0 Å². The van der Waals surface area contributed by atoms with Crippen LogP contribution in [0.5, 0.6) is 0 Å². The molecule has 0 spiro atoms. The Morgan fingerprint density at radius 2 is 0.560 bits per heavy atom. The van der Waals surface area contributed by atoms with E-state index in [-0.39, 0.29) is 0 Å². The molecule has 0 rings (SSSR count). The lowest BCUT2D eigenvalue weighted by Crippen LogP contribution is -1.87. The van der Waals surface area contributed by atoms with Crippen LogP contribution in [0.1, 0.15) is 142 Å². The molecule has 0 aliphatic carbocycles. The molecule has 0 unspecified atom stereocenters. The molecule has 0 heterocycles. The van der Waals surface area contributed by atoms with Crippen molar-refractivity contribution in [2.45, 2.75) is 142 Å². The third-order valence-electron chi connectivity index (χ3n) is 5.28. The van der Waals surface area contributed by atoms with Gasteiger partial charge in [0.1, 0.15) is 0 Å². The number of hydrogen-bond donors (Lipinski definition) is 0. The second kappa shape index (κ2) is 24.4. The number of thioether (sulfide) groups is 1. The predicted molar refractivity (Wildman–Crippen MR) is 121 cm³/mol. The van der Waals surface area contributed by atoms with Gasteiger partial charge in [0.2, 0.25) is 0 Å². The van der Waals surface area contributed by atoms with Crippen molar-refractivity contribution in [1.29, 1.82) is 0 Å². The van der Waals surface area contributed by atoms with E-state index in [2.05, 4.69) is 25.6 Å². The molecule has 0 atom stereocenters. The molecule has 0 aromatic heterocycles. The molecule has 0 nitrogen and oxygen atoms in total. The van der Waals surface area contributed by atoms with Crippen LogP contribution >= 0.6 is 11.8 Å². The van der Waals surface area contributed by atoms with Gasteiger partial charge < -0.3 is 0 Å². The van der Waals surface area contributed by atoms with Crippen molar-refractivity contribution < 1.29 is 0 Å². The maximum atomic E-state index is 2.30. The fraction of sp³-hybridized carbons (Fsp3) is 1.00. The Kier molecular flexibility index (Phi) is 24.7. The Hall–Kier alpha value is 0.350. The zero-order valence-corrected chi connectivity index (χ0v) is 18.8. The van der Waals surface area contributed by atoms with E-state index in [1.807, 2.05) is 0 Å². The molecular weight excluding hydrogens is 320 g/mol. The molecule has 25 heavy (non-hydrogen) atoms. The van der Waals surface area contributed by atoms with E-state index in [0.29, 0.717) is 0 Å². The summed E-state index contributed by atoms with van der Waals surface area (Å²) in [6.07, 6.45) is 29.2. The minimum Gasteiger partial charge on any atom is -0.162 e. The first kappa shape index (κ1) is 25.4. The van der Waals surface area contributed by atoms with Crippen LogP contribution in [-0.4, -0.2) is 11.5 Å². The number of rotatable bonds is 22. The summed E-state index contributed by atoms with van der Waals surface area (Å²) in [7, 11) is 0.